The number of esters is 1. The van der Waals surface area contributed by atoms with E-state index >= 15 is 0 Å². The summed E-state index contributed by atoms with van der Waals surface area (Å²) in [7, 11) is 0. The Hall–Kier alpha value is -3.60. The zero-order valence-corrected chi connectivity index (χ0v) is 17.4. The van der Waals surface area contributed by atoms with E-state index < -0.39 is 0 Å². The number of rotatable bonds is 5. The fourth-order valence-corrected chi connectivity index (χ4v) is 5.73. The van der Waals surface area contributed by atoms with Gasteiger partial charge in [-0.15, -0.1) is 0 Å². The number of ether oxygens (including phenoxy) is 2. The van der Waals surface area contributed by atoms with Crippen molar-refractivity contribution in [3.8, 4) is 22.6 Å². The van der Waals surface area contributed by atoms with Crippen molar-refractivity contribution in [2.24, 2.45) is 23.7 Å². The number of carbonyl (C=O) groups is 2. The maximum atomic E-state index is 13.0. The largest absolute Gasteiger partial charge is 0.462 e. The van der Waals surface area contributed by atoms with Gasteiger partial charge in [0, 0.05) is 17.2 Å². The highest BCUT2D eigenvalue weighted by atomic mass is 16.6. The Morgan fingerprint density at radius 3 is 2.47 bits per heavy atom. The van der Waals surface area contributed by atoms with Gasteiger partial charge in [0.2, 0.25) is 5.91 Å². The maximum absolute atomic E-state index is 13.0. The first-order valence-electron chi connectivity index (χ1n) is 11.1. The highest BCUT2D eigenvalue weighted by molar-refractivity contribution is 5.97. The molecule has 1 saturated heterocycles. The first-order chi connectivity index (χ1) is 15.7. The monoisotopic (exact) mass is 425 g/mol. The molecule has 5 atom stereocenters. The summed E-state index contributed by atoms with van der Waals surface area (Å²) in [4.78, 5) is 25.2. The molecule has 2 aliphatic carbocycles. The van der Waals surface area contributed by atoms with E-state index in [0.29, 0.717) is 11.4 Å². The van der Waals surface area contributed by atoms with Gasteiger partial charge in [0.15, 0.2) is 0 Å². The molecule has 1 aliphatic heterocycles. The molecule has 2 saturated carbocycles. The number of anilines is 1. The van der Waals surface area contributed by atoms with Gasteiger partial charge in [-0.2, -0.15) is 0 Å². The average molecular weight is 425 g/mol. The third-order valence-electron chi connectivity index (χ3n) is 7.11. The highest BCUT2D eigenvalue weighted by Gasteiger charge is 2.63. The standard InChI is InChI=1S/C27H23NO4/c29-26(24-17-14-21-23(15-17)32-27(30)25(21)24)28-18-10-12-19(13-11-18)31-22-9-5-4-8-20(22)16-6-2-1-3-7-16/h1-13,17,21,23-25H,14-15H2,(H,28,29)/t17-,21+,23-,24-,25+/m1/s1. The predicted octanol–water partition coefficient (Wildman–Crippen LogP) is 5.28. The van der Waals surface area contributed by atoms with Gasteiger partial charge in [-0.05, 0) is 54.7 Å². The van der Waals surface area contributed by atoms with E-state index in [9.17, 15) is 9.59 Å². The van der Waals surface area contributed by atoms with Gasteiger partial charge in [0.25, 0.3) is 0 Å². The Bertz CT molecular complexity index is 1170. The van der Waals surface area contributed by atoms with Crippen molar-refractivity contribution < 1.29 is 19.1 Å². The molecule has 0 aromatic heterocycles. The molecular formula is C27H23NO4. The average Bonchev–Trinajstić information content (AvgIpc) is 3.44. The summed E-state index contributed by atoms with van der Waals surface area (Å²) in [6.07, 6.45) is 1.78. The second-order valence-electron chi connectivity index (χ2n) is 8.90. The Kier molecular flexibility index (Phi) is 4.49. The third-order valence-corrected chi connectivity index (χ3v) is 7.11. The van der Waals surface area contributed by atoms with E-state index in [1.807, 2.05) is 66.7 Å². The number of amides is 1. The summed E-state index contributed by atoms with van der Waals surface area (Å²) in [5, 5.41) is 3.00. The predicted molar refractivity (Wildman–Crippen MR) is 120 cm³/mol. The fourth-order valence-electron chi connectivity index (χ4n) is 5.73. The van der Waals surface area contributed by atoms with Crippen molar-refractivity contribution in [1.29, 1.82) is 0 Å². The maximum Gasteiger partial charge on any atom is 0.310 e. The lowest BCUT2D eigenvalue weighted by Gasteiger charge is -2.23. The zero-order valence-electron chi connectivity index (χ0n) is 17.4. The lowest BCUT2D eigenvalue weighted by Crippen LogP contribution is -2.35. The van der Waals surface area contributed by atoms with E-state index in [-0.39, 0.29) is 41.7 Å². The molecule has 1 amide bonds. The van der Waals surface area contributed by atoms with Gasteiger partial charge in [-0.3, -0.25) is 9.59 Å². The number of nitrogens with one attached hydrogen (secondary N) is 1. The summed E-state index contributed by atoms with van der Waals surface area (Å²) in [6, 6.07) is 25.4. The molecule has 1 heterocycles. The van der Waals surface area contributed by atoms with Crippen LogP contribution >= 0.6 is 0 Å². The van der Waals surface area contributed by atoms with Crippen molar-refractivity contribution in [2.75, 3.05) is 5.32 Å². The smallest absolute Gasteiger partial charge is 0.310 e. The van der Waals surface area contributed by atoms with Crippen LogP contribution in [0.1, 0.15) is 12.8 Å². The number of benzene rings is 3. The molecule has 3 aromatic rings. The first kappa shape index (κ1) is 19.1. The number of hydrogen-bond acceptors (Lipinski definition) is 4. The summed E-state index contributed by atoms with van der Waals surface area (Å²) in [5.41, 5.74) is 2.80. The van der Waals surface area contributed by atoms with Crippen LogP contribution in [-0.2, 0) is 14.3 Å². The molecule has 32 heavy (non-hydrogen) atoms. The zero-order chi connectivity index (χ0) is 21.7. The number of carbonyl (C=O) groups excluding carboxylic acids is 2. The van der Waals surface area contributed by atoms with Crippen LogP contribution in [0.25, 0.3) is 11.1 Å². The quantitative estimate of drug-likeness (QED) is 0.565. The molecule has 5 nitrogen and oxygen atoms in total. The van der Waals surface area contributed by atoms with Crippen LogP contribution in [0.2, 0.25) is 0 Å². The van der Waals surface area contributed by atoms with Crippen LogP contribution in [0.4, 0.5) is 5.69 Å². The summed E-state index contributed by atoms with van der Waals surface area (Å²) >= 11 is 0. The van der Waals surface area contributed by atoms with E-state index in [1.54, 1.807) is 0 Å². The Balaban J connectivity index is 1.16. The van der Waals surface area contributed by atoms with Crippen molar-refractivity contribution in [1.82, 2.24) is 0 Å². The summed E-state index contributed by atoms with van der Waals surface area (Å²) < 4.78 is 11.6. The van der Waals surface area contributed by atoms with Gasteiger partial charge in [-0.25, -0.2) is 0 Å². The molecule has 0 spiro atoms. The van der Waals surface area contributed by atoms with Crippen molar-refractivity contribution >= 4 is 17.6 Å². The lowest BCUT2D eigenvalue weighted by molar-refractivity contribution is -0.145. The topological polar surface area (TPSA) is 64.6 Å². The van der Waals surface area contributed by atoms with E-state index in [1.165, 1.54) is 0 Å². The van der Waals surface area contributed by atoms with Crippen molar-refractivity contribution in [2.45, 2.75) is 18.9 Å². The number of fused-ring (bicyclic) bond motifs is 1. The van der Waals surface area contributed by atoms with Gasteiger partial charge < -0.3 is 14.8 Å². The van der Waals surface area contributed by atoms with Gasteiger partial charge >= 0.3 is 5.97 Å². The first-order valence-corrected chi connectivity index (χ1v) is 11.1. The molecule has 1 N–H and O–H groups in total. The van der Waals surface area contributed by atoms with E-state index in [2.05, 4.69) is 17.4 Å². The molecule has 2 bridgehead atoms. The minimum Gasteiger partial charge on any atom is -0.462 e. The van der Waals surface area contributed by atoms with Crippen LogP contribution in [0.3, 0.4) is 0 Å². The van der Waals surface area contributed by atoms with Gasteiger partial charge in [-0.1, -0.05) is 48.5 Å². The number of hydrogen-bond donors (Lipinski definition) is 1. The lowest BCUT2D eigenvalue weighted by atomic mass is 9.79. The normalized spacial score (nSPS) is 27.2. The summed E-state index contributed by atoms with van der Waals surface area (Å²) in [6.45, 7) is 0. The minimum atomic E-state index is -0.278. The molecule has 3 fully saturated rings. The minimum absolute atomic E-state index is 0.0387. The molecular weight excluding hydrogens is 402 g/mol. The Morgan fingerprint density at radius 1 is 0.906 bits per heavy atom. The molecule has 160 valence electrons. The fraction of sp³-hybridized carbons (Fsp3) is 0.259. The van der Waals surface area contributed by atoms with Crippen LogP contribution < -0.4 is 10.1 Å². The molecule has 5 heteroatoms. The SMILES string of the molecule is O=C(Nc1ccc(Oc2ccccc2-c2ccccc2)cc1)[C@@H]1[C@@H]2C[C@@H]3[C@@H]1C(=O)O[C@@H]3C2. The van der Waals surface area contributed by atoms with Crippen molar-refractivity contribution in [3.63, 3.8) is 0 Å². The highest BCUT2D eigenvalue weighted by Crippen LogP contribution is 2.57. The molecule has 3 aliphatic rings. The van der Waals surface area contributed by atoms with E-state index in [0.717, 1.165) is 29.7 Å². The molecule has 0 unspecified atom stereocenters. The summed E-state index contributed by atoms with van der Waals surface area (Å²) in [5.74, 6) is 1.11. The van der Waals surface area contributed by atoms with Gasteiger partial charge in [0.1, 0.15) is 17.6 Å². The van der Waals surface area contributed by atoms with Crippen LogP contribution in [0.15, 0.2) is 78.9 Å². The molecule has 0 radical (unpaired) electrons. The Morgan fingerprint density at radius 2 is 1.66 bits per heavy atom. The molecule has 6 rings (SSSR count). The van der Waals surface area contributed by atoms with Crippen LogP contribution in [-0.4, -0.2) is 18.0 Å². The van der Waals surface area contributed by atoms with Gasteiger partial charge in [0.05, 0.1) is 11.8 Å². The second kappa shape index (κ2) is 7.52. The van der Waals surface area contributed by atoms with Crippen LogP contribution in [0, 0.1) is 23.7 Å². The Labute approximate surface area is 186 Å². The van der Waals surface area contributed by atoms with Crippen molar-refractivity contribution in [3.05, 3.63) is 78.9 Å². The van der Waals surface area contributed by atoms with Crippen LogP contribution in [0.5, 0.6) is 11.5 Å². The number of para-hydroxylation sites is 1. The second-order valence-corrected chi connectivity index (χ2v) is 8.90. The molecule has 3 aromatic carbocycles. The third kappa shape index (κ3) is 3.16. The van der Waals surface area contributed by atoms with E-state index in [4.69, 9.17) is 9.47 Å².